The summed E-state index contributed by atoms with van der Waals surface area (Å²) in [6.45, 7) is 1.71. The van der Waals surface area contributed by atoms with Crippen molar-refractivity contribution >= 4 is 23.0 Å². The third-order valence-electron chi connectivity index (χ3n) is 5.90. The Labute approximate surface area is 199 Å². The Balaban J connectivity index is 1.41. The molecule has 0 radical (unpaired) electrons. The molecule has 1 aliphatic rings. The SMILES string of the molecule is S=C1N[C@@H](c2ccccn2)[C@H](c2cccn2-c2ccncc2)N1CCCNc1ccccc1. The molecule has 7 heteroatoms. The fourth-order valence-corrected chi connectivity index (χ4v) is 4.71. The van der Waals surface area contributed by atoms with Gasteiger partial charge in [-0.3, -0.25) is 9.97 Å². The molecule has 6 nitrogen and oxygen atoms in total. The quantitative estimate of drug-likeness (QED) is 0.296. The van der Waals surface area contributed by atoms with Crippen LogP contribution in [-0.2, 0) is 0 Å². The number of para-hydroxylation sites is 1. The molecule has 0 aliphatic carbocycles. The number of aromatic nitrogens is 3. The molecule has 4 aromatic rings. The summed E-state index contributed by atoms with van der Waals surface area (Å²) in [5, 5.41) is 7.80. The maximum Gasteiger partial charge on any atom is 0.170 e. The zero-order chi connectivity index (χ0) is 22.5. The van der Waals surface area contributed by atoms with Gasteiger partial charge in [-0.15, -0.1) is 0 Å². The summed E-state index contributed by atoms with van der Waals surface area (Å²) < 4.78 is 2.22. The van der Waals surface area contributed by atoms with Crippen LogP contribution in [0.2, 0.25) is 0 Å². The van der Waals surface area contributed by atoms with E-state index >= 15 is 0 Å². The van der Waals surface area contributed by atoms with Crippen LogP contribution in [0.5, 0.6) is 0 Å². The number of hydrogen-bond donors (Lipinski definition) is 2. The number of nitrogens with zero attached hydrogens (tertiary/aromatic N) is 4. The Morgan fingerprint density at radius 3 is 2.52 bits per heavy atom. The molecule has 1 fully saturated rings. The van der Waals surface area contributed by atoms with Crippen LogP contribution < -0.4 is 10.6 Å². The first-order valence-corrected chi connectivity index (χ1v) is 11.6. The smallest absolute Gasteiger partial charge is 0.170 e. The van der Waals surface area contributed by atoms with Gasteiger partial charge in [0.05, 0.1) is 17.8 Å². The van der Waals surface area contributed by atoms with Crippen LogP contribution in [0.4, 0.5) is 5.69 Å². The fraction of sp³-hybridized carbons (Fsp3) is 0.192. The first-order chi connectivity index (χ1) is 16.3. The lowest BCUT2D eigenvalue weighted by atomic mass is 10.0. The van der Waals surface area contributed by atoms with Gasteiger partial charge in [0.15, 0.2) is 5.11 Å². The predicted octanol–water partition coefficient (Wildman–Crippen LogP) is 4.74. The van der Waals surface area contributed by atoms with Crippen LogP contribution in [0.3, 0.4) is 0 Å². The monoisotopic (exact) mass is 454 g/mol. The molecule has 0 unspecified atom stereocenters. The summed E-state index contributed by atoms with van der Waals surface area (Å²) in [7, 11) is 0. The van der Waals surface area contributed by atoms with Gasteiger partial charge in [-0.2, -0.15) is 0 Å². The Kier molecular flexibility index (Phi) is 6.30. The van der Waals surface area contributed by atoms with E-state index in [2.05, 4.69) is 66.6 Å². The van der Waals surface area contributed by atoms with Crippen molar-refractivity contribution in [3.8, 4) is 5.69 Å². The van der Waals surface area contributed by atoms with E-state index < -0.39 is 0 Å². The Bertz CT molecular complexity index is 1180. The van der Waals surface area contributed by atoms with Gasteiger partial charge in [0.25, 0.3) is 0 Å². The van der Waals surface area contributed by atoms with Gasteiger partial charge in [-0.1, -0.05) is 24.3 Å². The molecule has 166 valence electrons. The number of hydrogen-bond acceptors (Lipinski definition) is 4. The highest BCUT2D eigenvalue weighted by Crippen LogP contribution is 2.39. The average Bonchev–Trinajstić information content (AvgIpc) is 3.48. The zero-order valence-corrected chi connectivity index (χ0v) is 19.0. The molecule has 5 rings (SSSR count). The topological polar surface area (TPSA) is 58.0 Å². The van der Waals surface area contributed by atoms with E-state index in [1.165, 1.54) is 5.69 Å². The molecule has 0 bridgehead atoms. The molecule has 4 heterocycles. The molecular weight excluding hydrogens is 428 g/mol. The van der Waals surface area contributed by atoms with Gasteiger partial charge in [-0.25, -0.2) is 0 Å². The minimum absolute atomic E-state index is 0.0206. The normalized spacial score (nSPS) is 17.7. The second-order valence-electron chi connectivity index (χ2n) is 7.97. The maximum absolute atomic E-state index is 5.82. The van der Waals surface area contributed by atoms with E-state index in [0.717, 1.165) is 41.7 Å². The van der Waals surface area contributed by atoms with Crippen LogP contribution >= 0.6 is 12.2 Å². The van der Waals surface area contributed by atoms with Gasteiger partial charge in [0.2, 0.25) is 0 Å². The largest absolute Gasteiger partial charge is 0.385 e. The number of thiocarbonyl (C=S) groups is 1. The fourth-order valence-electron chi connectivity index (χ4n) is 4.38. The molecular formula is C26H26N6S. The van der Waals surface area contributed by atoms with Gasteiger partial charge < -0.3 is 20.1 Å². The first kappa shape index (κ1) is 21.2. The van der Waals surface area contributed by atoms with Crippen LogP contribution in [0.15, 0.2) is 97.6 Å². The summed E-state index contributed by atoms with van der Waals surface area (Å²) >= 11 is 5.82. The number of anilines is 1. The van der Waals surface area contributed by atoms with E-state index in [4.69, 9.17) is 12.2 Å². The number of benzene rings is 1. The van der Waals surface area contributed by atoms with Crippen molar-refractivity contribution < 1.29 is 0 Å². The molecule has 1 aliphatic heterocycles. The highest BCUT2D eigenvalue weighted by Gasteiger charge is 2.40. The van der Waals surface area contributed by atoms with Gasteiger partial charge >= 0.3 is 0 Å². The number of pyridine rings is 2. The standard InChI is InChI=1S/C26H26N6S/c33-26-30-24(22-10-4-5-14-29-22)25(23-11-6-18-31(23)21-12-16-27-17-13-21)32(26)19-7-15-28-20-8-2-1-3-9-20/h1-6,8-14,16-18,24-25,28H,7,15,19H2,(H,30,33)/t24-,25-/m0/s1. The van der Waals surface area contributed by atoms with Crippen molar-refractivity contribution in [2.45, 2.75) is 18.5 Å². The highest BCUT2D eigenvalue weighted by molar-refractivity contribution is 7.80. The molecule has 1 aromatic carbocycles. The summed E-state index contributed by atoms with van der Waals surface area (Å²) in [5.41, 5.74) is 4.36. The van der Waals surface area contributed by atoms with Crippen LogP contribution in [-0.4, -0.2) is 37.6 Å². The van der Waals surface area contributed by atoms with E-state index in [0.29, 0.717) is 0 Å². The number of nitrogens with one attached hydrogen (secondary N) is 2. The van der Waals surface area contributed by atoms with Gasteiger partial charge in [0, 0.05) is 54.9 Å². The molecule has 0 spiro atoms. The summed E-state index contributed by atoms with van der Waals surface area (Å²) in [5.74, 6) is 0. The molecule has 33 heavy (non-hydrogen) atoms. The molecule has 3 aromatic heterocycles. The van der Waals surface area contributed by atoms with Crippen molar-refractivity contribution in [3.05, 3.63) is 109 Å². The van der Waals surface area contributed by atoms with Crippen LogP contribution in [0, 0.1) is 0 Å². The molecule has 0 saturated carbocycles. The highest BCUT2D eigenvalue weighted by atomic mass is 32.1. The number of rotatable bonds is 8. The van der Waals surface area contributed by atoms with Crippen LogP contribution in [0.1, 0.15) is 29.9 Å². The first-order valence-electron chi connectivity index (χ1n) is 11.2. The van der Waals surface area contributed by atoms with Crippen molar-refractivity contribution in [3.63, 3.8) is 0 Å². The third-order valence-corrected chi connectivity index (χ3v) is 6.25. The van der Waals surface area contributed by atoms with Crippen molar-refractivity contribution in [1.82, 2.24) is 24.8 Å². The van der Waals surface area contributed by atoms with Crippen molar-refractivity contribution in [1.29, 1.82) is 0 Å². The summed E-state index contributed by atoms with van der Waals surface area (Å²) in [6.07, 6.45) is 8.53. The van der Waals surface area contributed by atoms with Gasteiger partial charge in [-0.05, 0) is 67.2 Å². The van der Waals surface area contributed by atoms with E-state index in [9.17, 15) is 0 Å². The second-order valence-corrected chi connectivity index (χ2v) is 8.36. The van der Waals surface area contributed by atoms with Crippen molar-refractivity contribution in [2.24, 2.45) is 0 Å². The van der Waals surface area contributed by atoms with E-state index in [1.54, 1.807) is 0 Å². The minimum Gasteiger partial charge on any atom is -0.385 e. The lowest BCUT2D eigenvalue weighted by Gasteiger charge is -2.29. The maximum atomic E-state index is 5.82. The predicted molar refractivity (Wildman–Crippen MR) is 135 cm³/mol. The zero-order valence-electron chi connectivity index (χ0n) is 18.2. The summed E-state index contributed by atoms with van der Waals surface area (Å²) in [6, 6.07) is 24.6. The molecule has 1 saturated heterocycles. The Morgan fingerprint density at radius 2 is 1.73 bits per heavy atom. The van der Waals surface area contributed by atoms with Crippen molar-refractivity contribution in [2.75, 3.05) is 18.4 Å². The van der Waals surface area contributed by atoms with Gasteiger partial charge in [0.1, 0.15) is 0 Å². The van der Waals surface area contributed by atoms with E-state index in [1.807, 2.05) is 61.1 Å². The Morgan fingerprint density at radius 1 is 0.909 bits per heavy atom. The minimum atomic E-state index is -0.0312. The lowest BCUT2D eigenvalue weighted by Crippen LogP contribution is -2.32. The second kappa shape index (κ2) is 9.83. The van der Waals surface area contributed by atoms with E-state index in [-0.39, 0.29) is 12.1 Å². The average molecular weight is 455 g/mol. The molecule has 2 atom stereocenters. The summed E-state index contributed by atoms with van der Waals surface area (Å²) in [4.78, 5) is 11.1. The third kappa shape index (κ3) is 4.59. The van der Waals surface area contributed by atoms with Crippen LogP contribution in [0.25, 0.3) is 5.69 Å². The lowest BCUT2D eigenvalue weighted by molar-refractivity contribution is 0.307. The Hall–Kier alpha value is -3.71. The molecule has 2 N–H and O–H groups in total. The molecule has 0 amide bonds.